The van der Waals surface area contributed by atoms with Crippen LogP contribution in [-0.2, 0) is 16.1 Å². The second-order valence-electron chi connectivity index (χ2n) is 5.73. The number of pyridine rings is 1. The topological polar surface area (TPSA) is 88.3 Å². The SMILES string of the molecule is CC1(C)C2C(=O)N(Cc3ccnc(NN)c3)C(=O)C21. The van der Waals surface area contributed by atoms with Crippen LogP contribution in [0.15, 0.2) is 18.3 Å². The van der Waals surface area contributed by atoms with Crippen LogP contribution in [0.25, 0.3) is 0 Å². The molecule has 3 N–H and O–H groups in total. The van der Waals surface area contributed by atoms with Crippen LogP contribution in [0.4, 0.5) is 5.82 Å². The van der Waals surface area contributed by atoms with Gasteiger partial charge in [0.25, 0.3) is 0 Å². The van der Waals surface area contributed by atoms with E-state index in [2.05, 4.69) is 10.4 Å². The van der Waals surface area contributed by atoms with Gasteiger partial charge in [0.15, 0.2) is 0 Å². The van der Waals surface area contributed by atoms with Crippen molar-refractivity contribution >= 4 is 17.6 Å². The Morgan fingerprint density at radius 3 is 2.58 bits per heavy atom. The fourth-order valence-electron chi connectivity index (χ4n) is 2.99. The molecule has 0 radical (unpaired) electrons. The van der Waals surface area contributed by atoms with Crippen molar-refractivity contribution in [1.29, 1.82) is 0 Å². The van der Waals surface area contributed by atoms with Gasteiger partial charge in [-0.15, -0.1) is 0 Å². The highest BCUT2D eigenvalue weighted by Crippen LogP contribution is 2.63. The van der Waals surface area contributed by atoms with Crippen molar-refractivity contribution in [3.8, 4) is 0 Å². The Balaban J connectivity index is 1.79. The van der Waals surface area contributed by atoms with E-state index in [1.807, 2.05) is 13.8 Å². The van der Waals surface area contributed by atoms with Gasteiger partial charge in [0, 0.05) is 6.20 Å². The molecule has 2 aliphatic rings. The van der Waals surface area contributed by atoms with Gasteiger partial charge < -0.3 is 5.43 Å². The van der Waals surface area contributed by atoms with Crippen LogP contribution in [0.1, 0.15) is 19.4 Å². The molecule has 1 saturated carbocycles. The quantitative estimate of drug-likeness (QED) is 0.469. The first-order chi connectivity index (χ1) is 8.96. The average molecular weight is 260 g/mol. The summed E-state index contributed by atoms with van der Waals surface area (Å²) in [5, 5.41) is 0. The molecule has 2 heterocycles. The number of aromatic nitrogens is 1. The molecular weight excluding hydrogens is 244 g/mol. The zero-order valence-electron chi connectivity index (χ0n) is 10.9. The smallest absolute Gasteiger partial charge is 0.233 e. The Kier molecular flexibility index (Phi) is 2.40. The van der Waals surface area contributed by atoms with Crippen LogP contribution in [-0.4, -0.2) is 21.7 Å². The molecule has 3 rings (SSSR count). The van der Waals surface area contributed by atoms with E-state index >= 15 is 0 Å². The van der Waals surface area contributed by atoms with Crippen LogP contribution >= 0.6 is 0 Å². The van der Waals surface area contributed by atoms with Crippen molar-refractivity contribution in [2.45, 2.75) is 20.4 Å². The van der Waals surface area contributed by atoms with Gasteiger partial charge in [0.2, 0.25) is 11.8 Å². The van der Waals surface area contributed by atoms with E-state index in [4.69, 9.17) is 5.84 Å². The highest BCUT2D eigenvalue weighted by atomic mass is 16.2. The number of nitrogens with two attached hydrogens (primary N) is 1. The van der Waals surface area contributed by atoms with Gasteiger partial charge in [-0.2, -0.15) is 0 Å². The Morgan fingerprint density at radius 1 is 1.37 bits per heavy atom. The Hall–Kier alpha value is -1.95. The number of rotatable bonds is 3. The molecule has 1 aromatic heterocycles. The third-order valence-electron chi connectivity index (χ3n) is 4.20. The molecule has 0 aromatic carbocycles. The van der Waals surface area contributed by atoms with E-state index in [-0.39, 0.29) is 35.6 Å². The molecule has 2 amide bonds. The molecular formula is C13H16N4O2. The molecule has 2 fully saturated rings. The van der Waals surface area contributed by atoms with E-state index in [1.54, 1.807) is 18.3 Å². The molecule has 1 aliphatic heterocycles. The van der Waals surface area contributed by atoms with Crippen LogP contribution < -0.4 is 11.3 Å². The number of piperidine rings is 1. The number of nitrogen functional groups attached to an aromatic ring is 1. The minimum atomic E-state index is -0.160. The van der Waals surface area contributed by atoms with E-state index in [0.717, 1.165) is 5.56 Å². The fourth-order valence-corrected chi connectivity index (χ4v) is 2.99. The van der Waals surface area contributed by atoms with E-state index in [1.165, 1.54) is 4.90 Å². The highest BCUT2D eigenvalue weighted by Gasteiger charge is 2.72. The Bertz CT molecular complexity index is 546. The second kappa shape index (κ2) is 3.77. The lowest BCUT2D eigenvalue weighted by molar-refractivity contribution is -0.143. The lowest BCUT2D eigenvalue weighted by atomic mass is 10.1. The molecule has 0 spiro atoms. The molecule has 1 aliphatic carbocycles. The Labute approximate surface area is 111 Å². The van der Waals surface area contributed by atoms with Gasteiger partial charge in [-0.3, -0.25) is 14.5 Å². The van der Waals surface area contributed by atoms with Crippen molar-refractivity contribution in [1.82, 2.24) is 9.88 Å². The minimum Gasteiger partial charge on any atom is -0.308 e. The highest BCUT2D eigenvalue weighted by molar-refractivity contribution is 6.10. The summed E-state index contributed by atoms with van der Waals surface area (Å²) in [6.45, 7) is 4.23. The maximum atomic E-state index is 12.2. The molecule has 1 saturated heterocycles. The summed E-state index contributed by atoms with van der Waals surface area (Å²) in [4.78, 5) is 29.7. The number of imide groups is 1. The zero-order chi connectivity index (χ0) is 13.8. The number of nitrogens with one attached hydrogen (secondary N) is 1. The third-order valence-corrected chi connectivity index (χ3v) is 4.20. The fraction of sp³-hybridized carbons (Fsp3) is 0.462. The van der Waals surface area contributed by atoms with E-state index in [9.17, 15) is 9.59 Å². The van der Waals surface area contributed by atoms with Gasteiger partial charge in [0.05, 0.1) is 18.4 Å². The van der Waals surface area contributed by atoms with Crippen molar-refractivity contribution in [3.63, 3.8) is 0 Å². The van der Waals surface area contributed by atoms with Crippen molar-refractivity contribution in [3.05, 3.63) is 23.9 Å². The van der Waals surface area contributed by atoms with Crippen molar-refractivity contribution < 1.29 is 9.59 Å². The van der Waals surface area contributed by atoms with E-state index < -0.39 is 0 Å². The number of hydrogen-bond donors (Lipinski definition) is 2. The normalized spacial score (nSPS) is 27.4. The molecule has 0 bridgehead atoms. The molecule has 1 aromatic rings. The summed E-state index contributed by atoms with van der Waals surface area (Å²) >= 11 is 0. The van der Waals surface area contributed by atoms with E-state index in [0.29, 0.717) is 5.82 Å². The number of carbonyl (C=O) groups is 2. The maximum Gasteiger partial charge on any atom is 0.233 e. The summed E-state index contributed by atoms with van der Waals surface area (Å²) in [6.07, 6.45) is 1.60. The second-order valence-corrected chi connectivity index (χ2v) is 5.73. The number of fused-ring (bicyclic) bond motifs is 1. The van der Waals surface area contributed by atoms with Gasteiger partial charge in [0.1, 0.15) is 5.82 Å². The monoisotopic (exact) mass is 260 g/mol. The molecule has 6 heteroatoms. The summed E-state index contributed by atoms with van der Waals surface area (Å²) in [5.41, 5.74) is 3.12. The Morgan fingerprint density at radius 2 is 2.00 bits per heavy atom. The van der Waals surface area contributed by atoms with Gasteiger partial charge in [-0.05, 0) is 23.1 Å². The predicted molar refractivity (Wildman–Crippen MR) is 68.4 cm³/mol. The summed E-state index contributed by atoms with van der Waals surface area (Å²) < 4.78 is 0. The minimum absolute atomic E-state index is 0.0564. The first kappa shape index (κ1) is 12.1. The van der Waals surface area contributed by atoms with Gasteiger partial charge >= 0.3 is 0 Å². The van der Waals surface area contributed by atoms with Crippen LogP contribution in [0.5, 0.6) is 0 Å². The first-order valence-corrected chi connectivity index (χ1v) is 6.23. The molecule has 19 heavy (non-hydrogen) atoms. The standard InChI is InChI=1S/C13H16N4O2/c1-13(2)9-10(13)12(19)17(11(9)18)6-7-3-4-15-8(5-7)16-14/h3-5,9-10H,6,14H2,1-2H3,(H,15,16). The summed E-state index contributed by atoms with van der Waals surface area (Å²) in [5.74, 6) is 5.43. The first-order valence-electron chi connectivity index (χ1n) is 6.23. The molecule has 100 valence electrons. The number of anilines is 1. The summed E-state index contributed by atoms with van der Waals surface area (Å²) in [7, 11) is 0. The third kappa shape index (κ3) is 1.63. The predicted octanol–water partition coefficient (Wildman–Crippen LogP) is 0.508. The molecule has 2 atom stereocenters. The number of hydrogen-bond acceptors (Lipinski definition) is 5. The average Bonchev–Trinajstić information content (AvgIpc) is 2.86. The largest absolute Gasteiger partial charge is 0.308 e. The lowest BCUT2D eigenvalue weighted by Crippen LogP contribution is -2.35. The van der Waals surface area contributed by atoms with Gasteiger partial charge in [-0.25, -0.2) is 10.8 Å². The zero-order valence-corrected chi connectivity index (χ0v) is 10.9. The number of hydrazine groups is 1. The van der Waals surface area contributed by atoms with Crippen LogP contribution in [0, 0.1) is 17.3 Å². The lowest BCUT2D eigenvalue weighted by Gasteiger charge is -2.20. The molecule has 6 nitrogen and oxygen atoms in total. The van der Waals surface area contributed by atoms with Crippen LogP contribution in [0.2, 0.25) is 0 Å². The van der Waals surface area contributed by atoms with Crippen molar-refractivity contribution in [2.24, 2.45) is 23.1 Å². The maximum absolute atomic E-state index is 12.2. The number of nitrogens with zero attached hydrogens (tertiary/aromatic N) is 2. The number of amides is 2. The van der Waals surface area contributed by atoms with Crippen molar-refractivity contribution in [2.75, 3.05) is 5.43 Å². The number of carbonyl (C=O) groups excluding carboxylic acids is 2. The number of likely N-dealkylation sites (tertiary alicyclic amines) is 1. The summed E-state index contributed by atoms with van der Waals surface area (Å²) in [6, 6.07) is 3.51. The molecule has 2 unspecified atom stereocenters. The van der Waals surface area contributed by atoms with Gasteiger partial charge in [-0.1, -0.05) is 13.8 Å². The van der Waals surface area contributed by atoms with Crippen LogP contribution in [0.3, 0.4) is 0 Å².